The van der Waals surface area contributed by atoms with Gasteiger partial charge in [0.15, 0.2) is 5.16 Å². The highest BCUT2D eigenvalue weighted by molar-refractivity contribution is 7.98. The molecule has 0 bridgehead atoms. The average molecular weight is 280 g/mol. The summed E-state index contributed by atoms with van der Waals surface area (Å²) in [5, 5.41) is 9.06. The van der Waals surface area contributed by atoms with Gasteiger partial charge in [-0.1, -0.05) is 30.8 Å². The van der Waals surface area contributed by atoms with Crippen molar-refractivity contribution in [3.05, 3.63) is 41.5 Å². The summed E-state index contributed by atoms with van der Waals surface area (Å²) in [6.07, 6.45) is 0.999. The zero-order valence-corrected chi connectivity index (χ0v) is 11.7. The van der Waals surface area contributed by atoms with E-state index in [1.165, 1.54) is 12.1 Å². The van der Waals surface area contributed by atoms with E-state index in [2.05, 4.69) is 17.1 Å². The van der Waals surface area contributed by atoms with Gasteiger partial charge in [0.05, 0.1) is 6.54 Å². The summed E-state index contributed by atoms with van der Waals surface area (Å²) in [6, 6.07) is 6.60. The standard InChI is InChI=1S/C13H17FN4S/c1-2-6-18-12(8-15)16-17-13(18)19-9-10-4-3-5-11(14)7-10/h3-5,7H,2,6,8-9,15H2,1H3. The Kier molecular flexibility index (Phi) is 4.93. The number of hydrogen-bond acceptors (Lipinski definition) is 4. The number of nitrogens with two attached hydrogens (primary N) is 1. The maximum absolute atomic E-state index is 13.1. The summed E-state index contributed by atoms with van der Waals surface area (Å²) in [6.45, 7) is 3.33. The average Bonchev–Trinajstić information content (AvgIpc) is 2.79. The minimum atomic E-state index is -0.212. The summed E-state index contributed by atoms with van der Waals surface area (Å²) in [7, 11) is 0. The number of halogens is 1. The zero-order valence-electron chi connectivity index (χ0n) is 10.8. The third-order valence-electron chi connectivity index (χ3n) is 2.68. The van der Waals surface area contributed by atoms with E-state index in [9.17, 15) is 4.39 Å². The van der Waals surface area contributed by atoms with Crippen LogP contribution in [0.3, 0.4) is 0 Å². The molecule has 0 atom stereocenters. The van der Waals surface area contributed by atoms with Crippen LogP contribution in [-0.2, 0) is 18.8 Å². The molecule has 2 rings (SSSR count). The van der Waals surface area contributed by atoms with Crippen LogP contribution >= 0.6 is 11.8 Å². The number of rotatable bonds is 6. The van der Waals surface area contributed by atoms with Crippen molar-refractivity contribution in [2.24, 2.45) is 5.73 Å². The lowest BCUT2D eigenvalue weighted by Crippen LogP contribution is -2.09. The van der Waals surface area contributed by atoms with Gasteiger partial charge in [-0.25, -0.2) is 4.39 Å². The molecule has 0 saturated heterocycles. The highest BCUT2D eigenvalue weighted by Crippen LogP contribution is 2.22. The van der Waals surface area contributed by atoms with E-state index in [1.807, 2.05) is 10.6 Å². The molecule has 0 fully saturated rings. The van der Waals surface area contributed by atoms with Gasteiger partial charge in [-0.15, -0.1) is 10.2 Å². The van der Waals surface area contributed by atoms with Crippen LogP contribution in [0.4, 0.5) is 4.39 Å². The number of nitrogens with zero attached hydrogens (tertiary/aromatic N) is 3. The maximum atomic E-state index is 13.1. The molecule has 1 heterocycles. The fraction of sp³-hybridized carbons (Fsp3) is 0.385. The molecule has 0 amide bonds. The largest absolute Gasteiger partial charge is 0.324 e. The molecule has 0 spiro atoms. The second-order valence-corrected chi connectivity index (χ2v) is 5.12. The molecule has 0 unspecified atom stereocenters. The Morgan fingerprint density at radius 1 is 1.37 bits per heavy atom. The molecule has 0 aliphatic heterocycles. The number of benzene rings is 1. The van der Waals surface area contributed by atoms with E-state index in [0.29, 0.717) is 12.3 Å². The van der Waals surface area contributed by atoms with Crippen molar-refractivity contribution >= 4 is 11.8 Å². The molecule has 0 radical (unpaired) electrons. The van der Waals surface area contributed by atoms with Crippen molar-refractivity contribution < 1.29 is 4.39 Å². The van der Waals surface area contributed by atoms with Crippen molar-refractivity contribution in [3.63, 3.8) is 0 Å². The predicted molar refractivity (Wildman–Crippen MR) is 74.2 cm³/mol. The van der Waals surface area contributed by atoms with E-state index in [-0.39, 0.29) is 5.82 Å². The Morgan fingerprint density at radius 2 is 2.21 bits per heavy atom. The van der Waals surface area contributed by atoms with Gasteiger partial charge in [-0.2, -0.15) is 0 Å². The molecule has 0 aliphatic carbocycles. The summed E-state index contributed by atoms with van der Waals surface area (Å²) < 4.78 is 15.1. The summed E-state index contributed by atoms with van der Waals surface area (Å²) in [5.41, 5.74) is 6.57. The van der Waals surface area contributed by atoms with Crippen LogP contribution in [0.1, 0.15) is 24.7 Å². The van der Waals surface area contributed by atoms with Crippen LogP contribution in [0.15, 0.2) is 29.4 Å². The van der Waals surface area contributed by atoms with Crippen LogP contribution in [0.25, 0.3) is 0 Å². The van der Waals surface area contributed by atoms with E-state index < -0.39 is 0 Å². The Labute approximate surface area is 116 Å². The molecular weight excluding hydrogens is 263 g/mol. The van der Waals surface area contributed by atoms with Gasteiger partial charge in [0.25, 0.3) is 0 Å². The van der Waals surface area contributed by atoms with E-state index in [4.69, 9.17) is 5.73 Å². The first-order valence-corrected chi connectivity index (χ1v) is 7.22. The van der Waals surface area contributed by atoms with Gasteiger partial charge in [0, 0.05) is 12.3 Å². The highest BCUT2D eigenvalue weighted by atomic mass is 32.2. The van der Waals surface area contributed by atoms with Crippen LogP contribution in [0.5, 0.6) is 0 Å². The molecule has 4 nitrogen and oxygen atoms in total. The molecule has 6 heteroatoms. The summed E-state index contributed by atoms with van der Waals surface area (Å²) in [5.74, 6) is 1.25. The first-order chi connectivity index (χ1) is 9.24. The molecule has 0 aliphatic rings. The van der Waals surface area contributed by atoms with Gasteiger partial charge in [-0.05, 0) is 24.1 Å². The molecule has 1 aromatic carbocycles. The highest BCUT2D eigenvalue weighted by Gasteiger charge is 2.10. The summed E-state index contributed by atoms with van der Waals surface area (Å²) >= 11 is 1.55. The molecule has 2 aromatic rings. The Balaban J connectivity index is 2.08. The number of aromatic nitrogens is 3. The van der Waals surface area contributed by atoms with Gasteiger partial charge >= 0.3 is 0 Å². The van der Waals surface area contributed by atoms with Crippen LogP contribution in [0, 0.1) is 5.82 Å². The van der Waals surface area contributed by atoms with Crippen molar-refractivity contribution in [2.75, 3.05) is 0 Å². The number of hydrogen-bond donors (Lipinski definition) is 1. The quantitative estimate of drug-likeness (QED) is 0.826. The zero-order chi connectivity index (χ0) is 13.7. The first-order valence-electron chi connectivity index (χ1n) is 6.24. The van der Waals surface area contributed by atoms with Crippen molar-refractivity contribution in [2.45, 2.75) is 37.3 Å². The third kappa shape index (κ3) is 3.54. The molecule has 102 valence electrons. The molecular formula is C13H17FN4S. The fourth-order valence-electron chi connectivity index (χ4n) is 1.80. The summed E-state index contributed by atoms with van der Waals surface area (Å²) in [4.78, 5) is 0. The Morgan fingerprint density at radius 3 is 2.89 bits per heavy atom. The van der Waals surface area contributed by atoms with Crippen molar-refractivity contribution in [1.29, 1.82) is 0 Å². The van der Waals surface area contributed by atoms with Crippen LogP contribution in [-0.4, -0.2) is 14.8 Å². The minimum Gasteiger partial charge on any atom is -0.324 e. The lowest BCUT2D eigenvalue weighted by molar-refractivity contribution is 0.592. The van der Waals surface area contributed by atoms with Crippen LogP contribution < -0.4 is 5.73 Å². The lowest BCUT2D eigenvalue weighted by atomic mass is 10.2. The van der Waals surface area contributed by atoms with E-state index >= 15 is 0 Å². The van der Waals surface area contributed by atoms with Crippen LogP contribution in [0.2, 0.25) is 0 Å². The normalized spacial score (nSPS) is 10.9. The second kappa shape index (κ2) is 6.68. The van der Waals surface area contributed by atoms with Crippen molar-refractivity contribution in [1.82, 2.24) is 14.8 Å². The lowest BCUT2D eigenvalue weighted by Gasteiger charge is -2.07. The maximum Gasteiger partial charge on any atom is 0.191 e. The Bertz CT molecular complexity index is 541. The first kappa shape index (κ1) is 14.0. The smallest absolute Gasteiger partial charge is 0.191 e. The molecule has 1 aromatic heterocycles. The SMILES string of the molecule is CCCn1c(CN)nnc1SCc1cccc(F)c1. The molecule has 19 heavy (non-hydrogen) atoms. The fourth-order valence-corrected chi connectivity index (χ4v) is 2.73. The molecule has 2 N–H and O–H groups in total. The topological polar surface area (TPSA) is 56.7 Å². The van der Waals surface area contributed by atoms with Gasteiger partial charge in [-0.3, -0.25) is 0 Å². The minimum absolute atomic E-state index is 0.212. The van der Waals surface area contributed by atoms with E-state index in [1.54, 1.807) is 17.8 Å². The monoisotopic (exact) mass is 280 g/mol. The van der Waals surface area contributed by atoms with Gasteiger partial charge in [0.1, 0.15) is 11.6 Å². The van der Waals surface area contributed by atoms with E-state index in [0.717, 1.165) is 29.5 Å². The van der Waals surface area contributed by atoms with Gasteiger partial charge < -0.3 is 10.3 Å². The Hall–Kier alpha value is -1.40. The number of thioether (sulfide) groups is 1. The van der Waals surface area contributed by atoms with Gasteiger partial charge in [0.2, 0.25) is 0 Å². The van der Waals surface area contributed by atoms with Crippen molar-refractivity contribution in [3.8, 4) is 0 Å². The third-order valence-corrected chi connectivity index (χ3v) is 3.72. The predicted octanol–water partition coefficient (Wildman–Crippen LogP) is 2.58. The molecule has 0 saturated carbocycles. The second-order valence-electron chi connectivity index (χ2n) is 4.17.